The normalized spacial score (nSPS) is 17.6. The van der Waals surface area contributed by atoms with Crippen molar-refractivity contribution in [3.63, 3.8) is 0 Å². The molecule has 0 aromatic rings. The van der Waals surface area contributed by atoms with E-state index in [1.807, 2.05) is 6.92 Å². The van der Waals surface area contributed by atoms with Crippen LogP contribution in [-0.2, 0) is 14.3 Å². The van der Waals surface area contributed by atoms with Crippen LogP contribution in [-0.4, -0.2) is 35.7 Å². The third kappa shape index (κ3) is 5.49. The lowest BCUT2D eigenvalue weighted by molar-refractivity contribution is -0.143. The number of carbonyl (C=O) groups is 2. The van der Waals surface area contributed by atoms with E-state index in [0.29, 0.717) is 6.42 Å². The fourth-order valence-electron chi connectivity index (χ4n) is 2.15. The predicted molar refractivity (Wildman–Crippen MR) is 67.3 cm³/mol. The molecule has 1 aliphatic carbocycles. The van der Waals surface area contributed by atoms with Crippen LogP contribution in [0.5, 0.6) is 0 Å². The highest BCUT2D eigenvalue weighted by molar-refractivity contribution is 5.84. The molecule has 0 aliphatic heterocycles. The number of hydrogen-bond acceptors (Lipinski definition) is 3. The highest BCUT2D eigenvalue weighted by Crippen LogP contribution is 2.20. The van der Waals surface area contributed by atoms with Gasteiger partial charge in [-0.2, -0.15) is 0 Å². The van der Waals surface area contributed by atoms with Gasteiger partial charge in [0.05, 0.1) is 6.10 Å². The zero-order chi connectivity index (χ0) is 13.4. The molecule has 1 fully saturated rings. The minimum Gasteiger partial charge on any atom is -0.480 e. The average molecular weight is 257 g/mol. The summed E-state index contributed by atoms with van der Waals surface area (Å²) in [7, 11) is 0. The molecule has 0 aromatic carbocycles. The van der Waals surface area contributed by atoms with E-state index >= 15 is 0 Å². The topological polar surface area (TPSA) is 75.6 Å². The molecule has 1 aliphatic rings. The Hall–Kier alpha value is -1.10. The maximum atomic E-state index is 11.6. The van der Waals surface area contributed by atoms with Gasteiger partial charge in [-0.05, 0) is 19.3 Å². The Balaban J connectivity index is 2.24. The SMILES string of the molecule is CCCC[C@H](NC(=O)COC1CCCC1)C(=O)O. The summed E-state index contributed by atoms with van der Waals surface area (Å²) < 4.78 is 5.44. The van der Waals surface area contributed by atoms with Crippen molar-refractivity contribution in [2.24, 2.45) is 0 Å². The molecular formula is C13H23NO4. The molecule has 0 aromatic heterocycles. The summed E-state index contributed by atoms with van der Waals surface area (Å²) in [6.07, 6.45) is 6.67. The number of carboxylic acids is 1. The van der Waals surface area contributed by atoms with Crippen molar-refractivity contribution in [3.8, 4) is 0 Å². The number of hydrogen-bond donors (Lipinski definition) is 2. The first-order chi connectivity index (χ1) is 8.63. The van der Waals surface area contributed by atoms with Crippen LogP contribution in [0.2, 0.25) is 0 Å². The van der Waals surface area contributed by atoms with E-state index in [1.165, 1.54) is 0 Å². The highest BCUT2D eigenvalue weighted by atomic mass is 16.5. The summed E-state index contributed by atoms with van der Waals surface area (Å²) in [6.45, 7) is 1.96. The summed E-state index contributed by atoms with van der Waals surface area (Å²) >= 11 is 0. The maximum Gasteiger partial charge on any atom is 0.326 e. The van der Waals surface area contributed by atoms with Gasteiger partial charge in [0.2, 0.25) is 5.91 Å². The Bertz CT molecular complexity index is 274. The Morgan fingerprint density at radius 1 is 1.39 bits per heavy atom. The third-order valence-electron chi connectivity index (χ3n) is 3.23. The number of amides is 1. The number of unbranched alkanes of at least 4 members (excludes halogenated alkanes) is 1. The van der Waals surface area contributed by atoms with Gasteiger partial charge in [0.1, 0.15) is 12.6 Å². The van der Waals surface area contributed by atoms with Gasteiger partial charge in [0.25, 0.3) is 0 Å². The van der Waals surface area contributed by atoms with Crippen molar-refractivity contribution < 1.29 is 19.4 Å². The number of ether oxygens (including phenoxy) is 1. The Morgan fingerprint density at radius 2 is 2.06 bits per heavy atom. The van der Waals surface area contributed by atoms with Crippen LogP contribution in [0.4, 0.5) is 0 Å². The van der Waals surface area contributed by atoms with Crippen LogP contribution in [0.25, 0.3) is 0 Å². The van der Waals surface area contributed by atoms with Crippen molar-refractivity contribution in [2.45, 2.75) is 64.0 Å². The average Bonchev–Trinajstić information content (AvgIpc) is 2.84. The second-order valence-corrected chi connectivity index (χ2v) is 4.82. The van der Waals surface area contributed by atoms with Crippen molar-refractivity contribution in [1.82, 2.24) is 5.32 Å². The van der Waals surface area contributed by atoms with Crippen LogP contribution >= 0.6 is 0 Å². The van der Waals surface area contributed by atoms with Crippen molar-refractivity contribution in [1.29, 1.82) is 0 Å². The molecule has 5 nitrogen and oxygen atoms in total. The largest absolute Gasteiger partial charge is 0.480 e. The predicted octanol–water partition coefficient (Wildman–Crippen LogP) is 1.71. The molecular weight excluding hydrogens is 234 g/mol. The summed E-state index contributed by atoms with van der Waals surface area (Å²) in [5.74, 6) is -1.30. The smallest absolute Gasteiger partial charge is 0.326 e. The number of nitrogens with one attached hydrogen (secondary N) is 1. The van der Waals surface area contributed by atoms with Crippen molar-refractivity contribution >= 4 is 11.9 Å². The summed E-state index contributed by atoms with van der Waals surface area (Å²) in [5, 5.41) is 11.5. The first-order valence-electron chi connectivity index (χ1n) is 6.77. The molecule has 1 atom stereocenters. The van der Waals surface area contributed by atoms with Gasteiger partial charge in [-0.1, -0.05) is 32.6 Å². The van der Waals surface area contributed by atoms with Crippen molar-refractivity contribution in [2.75, 3.05) is 6.61 Å². The van der Waals surface area contributed by atoms with Gasteiger partial charge in [-0.3, -0.25) is 4.79 Å². The fourth-order valence-corrected chi connectivity index (χ4v) is 2.15. The molecule has 2 N–H and O–H groups in total. The molecule has 5 heteroatoms. The number of aliphatic carboxylic acids is 1. The van der Waals surface area contributed by atoms with Gasteiger partial charge in [-0.25, -0.2) is 4.79 Å². The quantitative estimate of drug-likeness (QED) is 0.694. The highest BCUT2D eigenvalue weighted by Gasteiger charge is 2.21. The molecule has 1 rings (SSSR count). The zero-order valence-electron chi connectivity index (χ0n) is 11.0. The van der Waals surface area contributed by atoms with E-state index < -0.39 is 12.0 Å². The van der Waals surface area contributed by atoms with Crippen LogP contribution in [0, 0.1) is 0 Å². The summed E-state index contributed by atoms with van der Waals surface area (Å²) in [5.41, 5.74) is 0. The van der Waals surface area contributed by atoms with Crippen LogP contribution in [0.3, 0.4) is 0 Å². The van der Waals surface area contributed by atoms with E-state index in [9.17, 15) is 9.59 Å². The molecule has 0 bridgehead atoms. The van der Waals surface area contributed by atoms with E-state index in [4.69, 9.17) is 9.84 Å². The van der Waals surface area contributed by atoms with E-state index in [1.54, 1.807) is 0 Å². The summed E-state index contributed by atoms with van der Waals surface area (Å²) in [4.78, 5) is 22.5. The fraction of sp³-hybridized carbons (Fsp3) is 0.846. The number of rotatable bonds is 8. The van der Waals surface area contributed by atoms with Gasteiger partial charge >= 0.3 is 5.97 Å². The van der Waals surface area contributed by atoms with Crippen LogP contribution < -0.4 is 5.32 Å². The Labute approximate surface area is 108 Å². The molecule has 0 saturated heterocycles. The van der Waals surface area contributed by atoms with Gasteiger partial charge in [0.15, 0.2) is 0 Å². The van der Waals surface area contributed by atoms with E-state index in [2.05, 4.69) is 5.32 Å². The molecule has 0 spiro atoms. The summed E-state index contributed by atoms with van der Waals surface area (Å²) in [6, 6.07) is -0.787. The zero-order valence-corrected chi connectivity index (χ0v) is 11.0. The third-order valence-corrected chi connectivity index (χ3v) is 3.23. The molecule has 1 amide bonds. The lowest BCUT2D eigenvalue weighted by Crippen LogP contribution is -2.42. The number of carbonyl (C=O) groups excluding carboxylic acids is 1. The lowest BCUT2D eigenvalue weighted by atomic mass is 10.1. The minimum atomic E-state index is -0.974. The molecule has 18 heavy (non-hydrogen) atoms. The monoisotopic (exact) mass is 257 g/mol. The lowest BCUT2D eigenvalue weighted by Gasteiger charge is -2.15. The maximum absolute atomic E-state index is 11.6. The van der Waals surface area contributed by atoms with Gasteiger partial charge in [0, 0.05) is 0 Å². The minimum absolute atomic E-state index is 0.0272. The first-order valence-corrected chi connectivity index (χ1v) is 6.77. The molecule has 0 unspecified atom stereocenters. The van der Waals surface area contributed by atoms with E-state index in [-0.39, 0.29) is 18.6 Å². The van der Waals surface area contributed by atoms with Crippen LogP contribution in [0.15, 0.2) is 0 Å². The molecule has 1 saturated carbocycles. The number of carboxylic acid groups (broad SMARTS) is 1. The second-order valence-electron chi connectivity index (χ2n) is 4.82. The molecule has 0 heterocycles. The van der Waals surface area contributed by atoms with Gasteiger partial charge < -0.3 is 15.2 Å². The van der Waals surface area contributed by atoms with Crippen molar-refractivity contribution in [3.05, 3.63) is 0 Å². The van der Waals surface area contributed by atoms with Gasteiger partial charge in [-0.15, -0.1) is 0 Å². The van der Waals surface area contributed by atoms with Crippen LogP contribution in [0.1, 0.15) is 51.9 Å². The molecule has 104 valence electrons. The first kappa shape index (κ1) is 15.0. The van der Waals surface area contributed by atoms with E-state index in [0.717, 1.165) is 38.5 Å². The molecule has 0 radical (unpaired) electrons. The Kier molecular flexibility index (Phi) is 6.72. The second kappa shape index (κ2) is 8.08. The Morgan fingerprint density at radius 3 is 2.61 bits per heavy atom. The standard InChI is InChI=1S/C13H23NO4/c1-2-3-8-11(13(16)17)14-12(15)9-18-10-6-4-5-7-10/h10-11H,2-9H2,1H3,(H,14,15)(H,16,17)/t11-/m0/s1.